The molecule has 2 aromatic carbocycles. The number of hydrogen-bond acceptors (Lipinski definition) is 8. The molecule has 3 aromatic rings. The average molecular weight is 522 g/mol. The Bertz CT molecular complexity index is 1210. The Hall–Kier alpha value is -2.14. The second-order valence-electron chi connectivity index (χ2n) is 7.72. The molecule has 0 fully saturated rings. The van der Waals surface area contributed by atoms with Crippen molar-refractivity contribution in [3.63, 3.8) is 0 Å². The number of anilines is 1. The number of carbonyl (C=O) groups excluding carboxylic acids is 1. The van der Waals surface area contributed by atoms with Crippen LogP contribution in [0.25, 0.3) is 10.2 Å². The normalized spacial score (nSPS) is 11.8. The molecule has 0 aliphatic heterocycles. The van der Waals surface area contributed by atoms with Crippen molar-refractivity contribution >= 4 is 54.2 Å². The predicted molar refractivity (Wildman–Crippen MR) is 141 cm³/mol. The molecule has 0 aliphatic rings. The lowest BCUT2D eigenvalue weighted by Gasteiger charge is -2.24. The van der Waals surface area contributed by atoms with E-state index in [-0.39, 0.29) is 10.8 Å². The van der Waals surface area contributed by atoms with Gasteiger partial charge in [-0.25, -0.2) is 13.4 Å². The molecular formula is C24H31N3O4S3. The van der Waals surface area contributed by atoms with Gasteiger partial charge in [0.1, 0.15) is 11.3 Å². The number of aromatic nitrogens is 1. The number of hydrogen-bond donors (Lipinski definition) is 0. The van der Waals surface area contributed by atoms with Crippen molar-refractivity contribution < 1.29 is 17.9 Å². The van der Waals surface area contributed by atoms with Gasteiger partial charge in [0.05, 0.1) is 16.7 Å². The molecule has 3 rings (SSSR count). The zero-order chi connectivity index (χ0) is 24.7. The van der Waals surface area contributed by atoms with Gasteiger partial charge < -0.3 is 9.64 Å². The van der Waals surface area contributed by atoms with E-state index in [1.165, 1.54) is 17.6 Å². The lowest BCUT2D eigenvalue weighted by atomic mass is 10.3. The number of likely N-dealkylation sites (N-methyl/N-ethyl adjacent to an activating group) is 1. The van der Waals surface area contributed by atoms with Crippen molar-refractivity contribution in [1.29, 1.82) is 0 Å². The molecule has 1 amide bonds. The monoisotopic (exact) mass is 521 g/mol. The van der Waals surface area contributed by atoms with Crippen molar-refractivity contribution in [2.24, 2.45) is 0 Å². The van der Waals surface area contributed by atoms with Crippen LogP contribution in [-0.4, -0.2) is 69.5 Å². The fourth-order valence-electron chi connectivity index (χ4n) is 3.50. The van der Waals surface area contributed by atoms with Gasteiger partial charge >= 0.3 is 0 Å². The highest BCUT2D eigenvalue weighted by Gasteiger charge is 2.23. The third-order valence-corrected chi connectivity index (χ3v) is 8.67. The molecule has 0 saturated carbocycles. The highest BCUT2D eigenvalue weighted by atomic mass is 32.2. The van der Waals surface area contributed by atoms with E-state index in [0.717, 1.165) is 35.0 Å². The number of sulfone groups is 1. The molecule has 0 spiro atoms. The average Bonchev–Trinajstić information content (AvgIpc) is 3.25. The maximum Gasteiger partial charge on any atom is 0.229 e. The van der Waals surface area contributed by atoms with E-state index in [4.69, 9.17) is 4.74 Å². The summed E-state index contributed by atoms with van der Waals surface area (Å²) in [6.07, 6.45) is 1.53. The van der Waals surface area contributed by atoms with Crippen LogP contribution in [0.1, 0.15) is 20.3 Å². The van der Waals surface area contributed by atoms with Crippen LogP contribution in [0, 0.1) is 0 Å². The summed E-state index contributed by atoms with van der Waals surface area (Å²) in [6, 6.07) is 12.9. The highest BCUT2D eigenvalue weighted by Crippen LogP contribution is 2.33. The molecule has 10 heteroatoms. The second kappa shape index (κ2) is 12.0. The second-order valence-corrected chi connectivity index (χ2v) is 11.9. The molecule has 1 aromatic heterocycles. The molecule has 0 radical (unpaired) electrons. The molecule has 0 unspecified atom stereocenters. The van der Waals surface area contributed by atoms with E-state index in [1.807, 2.05) is 30.3 Å². The third kappa shape index (κ3) is 6.71. The summed E-state index contributed by atoms with van der Waals surface area (Å²) >= 11 is 2.97. The van der Waals surface area contributed by atoms with E-state index in [0.29, 0.717) is 29.4 Å². The molecule has 0 atom stereocenters. The van der Waals surface area contributed by atoms with Crippen molar-refractivity contribution in [2.45, 2.75) is 30.1 Å². The van der Waals surface area contributed by atoms with Gasteiger partial charge in [0.15, 0.2) is 15.0 Å². The van der Waals surface area contributed by atoms with Crippen LogP contribution in [0.15, 0.2) is 52.3 Å². The van der Waals surface area contributed by atoms with Crippen LogP contribution in [0.2, 0.25) is 0 Å². The molecule has 7 nitrogen and oxygen atoms in total. The lowest BCUT2D eigenvalue weighted by molar-refractivity contribution is -0.118. The minimum Gasteiger partial charge on any atom is -0.497 e. The van der Waals surface area contributed by atoms with E-state index in [2.05, 4.69) is 23.7 Å². The zero-order valence-corrected chi connectivity index (χ0v) is 22.4. The number of methoxy groups -OCH3 is 1. The smallest absolute Gasteiger partial charge is 0.229 e. The number of benzene rings is 2. The predicted octanol–water partition coefficient (Wildman–Crippen LogP) is 4.57. The number of amides is 1. The van der Waals surface area contributed by atoms with Crippen molar-refractivity contribution in [3.05, 3.63) is 42.5 Å². The molecular weight excluding hydrogens is 490 g/mol. The minimum atomic E-state index is -3.43. The Balaban J connectivity index is 1.80. The van der Waals surface area contributed by atoms with Crippen LogP contribution >= 0.6 is 23.1 Å². The Morgan fingerprint density at radius 2 is 1.79 bits per heavy atom. The molecule has 0 aliphatic carbocycles. The molecule has 0 saturated heterocycles. The Morgan fingerprint density at radius 3 is 2.41 bits per heavy atom. The van der Waals surface area contributed by atoms with Crippen LogP contribution in [0.4, 0.5) is 5.13 Å². The number of thiazole rings is 1. The van der Waals surface area contributed by atoms with Gasteiger partial charge in [-0.1, -0.05) is 31.3 Å². The first-order valence-corrected chi connectivity index (χ1v) is 14.8. The quantitative estimate of drug-likeness (QED) is 0.323. The van der Waals surface area contributed by atoms with Crippen LogP contribution in [0.3, 0.4) is 0 Å². The Labute approximate surface area is 210 Å². The first kappa shape index (κ1) is 26.5. The molecule has 184 valence electrons. The van der Waals surface area contributed by atoms with Gasteiger partial charge in [-0.05, 0) is 49.5 Å². The van der Waals surface area contributed by atoms with Crippen LogP contribution < -0.4 is 9.64 Å². The number of carbonyl (C=O) groups is 1. The number of para-hydroxylation sites is 1. The highest BCUT2D eigenvalue weighted by molar-refractivity contribution is 7.99. The maximum absolute atomic E-state index is 13.3. The standard InChI is InChI=1S/C24H31N3O4S3/c1-5-26(6-2)15-16-27(22(28)14-17-32-19-12-10-18(31-3)11-13-19)24-25-23-20(33-24)8-7-9-21(23)34(4,29)30/h7-13H,5-6,14-17H2,1-4H3. The summed E-state index contributed by atoms with van der Waals surface area (Å²) in [4.78, 5) is 23.2. The fraction of sp³-hybridized carbons (Fsp3) is 0.417. The topological polar surface area (TPSA) is 79.8 Å². The van der Waals surface area contributed by atoms with Crippen molar-refractivity contribution in [3.8, 4) is 5.75 Å². The summed E-state index contributed by atoms with van der Waals surface area (Å²) in [5.74, 6) is 1.41. The minimum absolute atomic E-state index is 0.0203. The first-order chi connectivity index (χ1) is 16.3. The summed E-state index contributed by atoms with van der Waals surface area (Å²) < 4.78 is 30.4. The molecule has 0 bridgehead atoms. The van der Waals surface area contributed by atoms with E-state index in [9.17, 15) is 13.2 Å². The largest absolute Gasteiger partial charge is 0.497 e. The van der Waals surface area contributed by atoms with Gasteiger partial charge in [-0.15, -0.1) is 11.8 Å². The van der Waals surface area contributed by atoms with Crippen molar-refractivity contribution in [1.82, 2.24) is 9.88 Å². The third-order valence-electron chi connectivity index (χ3n) is 5.48. The van der Waals surface area contributed by atoms with Crippen molar-refractivity contribution in [2.75, 3.05) is 50.2 Å². The summed E-state index contributed by atoms with van der Waals surface area (Å²) in [7, 11) is -1.79. The number of thioether (sulfide) groups is 1. The summed E-state index contributed by atoms with van der Waals surface area (Å²) in [5, 5.41) is 0.540. The van der Waals surface area contributed by atoms with Gasteiger partial charge in [-0.3, -0.25) is 9.69 Å². The van der Waals surface area contributed by atoms with Crippen LogP contribution in [0.5, 0.6) is 5.75 Å². The zero-order valence-electron chi connectivity index (χ0n) is 20.0. The van der Waals surface area contributed by atoms with E-state index < -0.39 is 9.84 Å². The number of ether oxygens (including phenoxy) is 1. The molecule has 34 heavy (non-hydrogen) atoms. The van der Waals surface area contributed by atoms with Gasteiger partial charge in [0.2, 0.25) is 5.91 Å². The number of rotatable bonds is 12. The lowest BCUT2D eigenvalue weighted by Crippen LogP contribution is -2.39. The number of fused-ring (bicyclic) bond motifs is 1. The summed E-state index contributed by atoms with van der Waals surface area (Å²) in [6.45, 7) is 7.20. The Morgan fingerprint density at radius 1 is 1.09 bits per heavy atom. The maximum atomic E-state index is 13.3. The van der Waals surface area contributed by atoms with Crippen LogP contribution in [-0.2, 0) is 14.6 Å². The Kier molecular flexibility index (Phi) is 9.35. The first-order valence-electron chi connectivity index (χ1n) is 11.2. The van der Waals surface area contributed by atoms with E-state index in [1.54, 1.807) is 35.9 Å². The van der Waals surface area contributed by atoms with Gasteiger partial charge in [-0.2, -0.15) is 0 Å². The summed E-state index contributed by atoms with van der Waals surface area (Å²) in [5.41, 5.74) is 0.429. The molecule has 1 heterocycles. The SMILES string of the molecule is CCN(CC)CCN(C(=O)CCSc1ccc(OC)cc1)c1nc2c(S(C)(=O)=O)cccc2s1. The number of nitrogens with zero attached hydrogens (tertiary/aromatic N) is 3. The fourth-order valence-corrected chi connectivity index (χ4v) is 6.27. The molecule has 0 N–H and O–H groups in total. The van der Waals surface area contributed by atoms with E-state index >= 15 is 0 Å². The van der Waals surface area contributed by atoms with Gasteiger partial charge in [0.25, 0.3) is 0 Å². The van der Waals surface area contributed by atoms with Gasteiger partial charge in [0, 0.05) is 36.4 Å².